The van der Waals surface area contributed by atoms with Crippen molar-refractivity contribution >= 4 is 17.7 Å². The maximum atomic E-state index is 11.7. The molecule has 3 N–H and O–H groups in total. The lowest BCUT2D eigenvalue weighted by molar-refractivity contribution is -0.142. The summed E-state index contributed by atoms with van der Waals surface area (Å²) in [6, 6.07) is 6.70. The molecule has 0 heterocycles. The number of anilines is 1. The first-order chi connectivity index (χ1) is 9.89. The molecule has 2 amide bonds. The number of nitrogens with one attached hydrogen (secondary N) is 2. The Morgan fingerprint density at radius 1 is 1.24 bits per heavy atom. The van der Waals surface area contributed by atoms with Gasteiger partial charge in [-0.3, -0.25) is 4.79 Å². The summed E-state index contributed by atoms with van der Waals surface area (Å²) < 4.78 is 0. The van der Waals surface area contributed by atoms with Gasteiger partial charge in [0.1, 0.15) is 0 Å². The first-order valence-corrected chi connectivity index (χ1v) is 7.28. The van der Waals surface area contributed by atoms with Crippen molar-refractivity contribution in [1.82, 2.24) is 5.32 Å². The highest BCUT2D eigenvalue weighted by Crippen LogP contribution is 2.26. The Balaban J connectivity index is 1.89. The summed E-state index contributed by atoms with van der Waals surface area (Å²) in [6.07, 6.45) is 3.65. The number of rotatable bonds is 5. The molecular formula is C16H22N2O3. The number of amides is 2. The Morgan fingerprint density at radius 2 is 1.86 bits per heavy atom. The van der Waals surface area contributed by atoms with Gasteiger partial charge in [0.15, 0.2) is 0 Å². The molecular weight excluding hydrogens is 268 g/mol. The first-order valence-electron chi connectivity index (χ1n) is 7.28. The first kappa shape index (κ1) is 15.4. The van der Waals surface area contributed by atoms with E-state index in [4.69, 9.17) is 0 Å². The van der Waals surface area contributed by atoms with Crippen molar-refractivity contribution in [2.24, 2.45) is 5.92 Å². The number of benzene rings is 1. The van der Waals surface area contributed by atoms with E-state index < -0.39 is 11.4 Å². The predicted molar refractivity (Wildman–Crippen MR) is 81.5 cm³/mol. The fourth-order valence-electron chi connectivity index (χ4n) is 2.20. The van der Waals surface area contributed by atoms with Crippen LogP contribution in [0.1, 0.15) is 38.7 Å². The Kier molecular flexibility index (Phi) is 4.50. The molecule has 21 heavy (non-hydrogen) atoms. The van der Waals surface area contributed by atoms with Crippen LogP contribution in [0.2, 0.25) is 0 Å². The molecule has 0 unspecified atom stereocenters. The van der Waals surface area contributed by atoms with Crippen LogP contribution in [-0.2, 0) is 10.2 Å². The van der Waals surface area contributed by atoms with E-state index in [-0.39, 0.29) is 6.03 Å². The van der Waals surface area contributed by atoms with Crippen molar-refractivity contribution in [2.75, 3.05) is 11.9 Å². The van der Waals surface area contributed by atoms with Crippen LogP contribution in [0.3, 0.4) is 0 Å². The van der Waals surface area contributed by atoms with Gasteiger partial charge in [-0.05, 0) is 50.3 Å². The number of urea groups is 1. The number of hydrogen-bond acceptors (Lipinski definition) is 2. The number of carboxylic acids is 1. The molecule has 0 atom stereocenters. The maximum absolute atomic E-state index is 11.7. The molecule has 0 spiro atoms. The van der Waals surface area contributed by atoms with Gasteiger partial charge in [-0.15, -0.1) is 0 Å². The second kappa shape index (κ2) is 6.16. The van der Waals surface area contributed by atoms with E-state index in [1.165, 1.54) is 19.3 Å². The summed E-state index contributed by atoms with van der Waals surface area (Å²) >= 11 is 0. The van der Waals surface area contributed by atoms with Gasteiger partial charge < -0.3 is 15.7 Å². The highest BCUT2D eigenvalue weighted by atomic mass is 16.4. The van der Waals surface area contributed by atoms with Crippen molar-refractivity contribution < 1.29 is 14.7 Å². The van der Waals surface area contributed by atoms with E-state index in [1.807, 2.05) is 0 Å². The summed E-state index contributed by atoms with van der Waals surface area (Å²) in [7, 11) is 0. The standard InChI is InChI=1S/C16H22N2O3/c1-16(2,14(19)20)12-6-8-13(9-7-12)18-15(21)17-10-11-4-3-5-11/h6-9,11H,3-5,10H2,1-2H3,(H,19,20)(H2,17,18,21). The van der Waals surface area contributed by atoms with E-state index in [0.717, 1.165) is 6.54 Å². The zero-order valence-electron chi connectivity index (χ0n) is 12.5. The second-order valence-corrected chi connectivity index (χ2v) is 6.14. The van der Waals surface area contributed by atoms with Crippen LogP contribution in [0.15, 0.2) is 24.3 Å². The van der Waals surface area contributed by atoms with Crippen LogP contribution in [0.4, 0.5) is 10.5 Å². The predicted octanol–water partition coefficient (Wildman–Crippen LogP) is 2.97. The van der Waals surface area contributed by atoms with Crippen LogP contribution in [-0.4, -0.2) is 23.7 Å². The van der Waals surface area contributed by atoms with Crippen molar-refractivity contribution in [2.45, 2.75) is 38.5 Å². The Bertz CT molecular complexity index is 519. The number of hydrogen-bond donors (Lipinski definition) is 3. The van der Waals surface area contributed by atoms with Crippen LogP contribution >= 0.6 is 0 Å². The third-order valence-corrected chi connectivity index (χ3v) is 4.18. The Morgan fingerprint density at radius 3 is 2.33 bits per heavy atom. The summed E-state index contributed by atoms with van der Waals surface area (Å²) in [6.45, 7) is 4.03. The van der Waals surface area contributed by atoms with Gasteiger partial charge in [0.2, 0.25) is 0 Å². The summed E-state index contributed by atoms with van der Waals surface area (Å²) in [4.78, 5) is 22.9. The summed E-state index contributed by atoms with van der Waals surface area (Å²) in [5, 5.41) is 14.8. The topological polar surface area (TPSA) is 78.4 Å². The lowest BCUT2D eigenvalue weighted by atomic mass is 9.85. The van der Waals surface area contributed by atoms with Gasteiger partial charge in [-0.2, -0.15) is 0 Å². The number of carbonyl (C=O) groups excluding carboxylic acids is 1. The number of aliphatic carboxylic acids is 1. The minimum atomic E-state index is -0.939. The van der Waals surface area contributed by atoms with E-state index in [2.05, 4.69) is 10.6 Å². The average molecular weight is 290 g/mol. The molecule has 0 aliphatic heterocycles. The second-order valence-electron chi connectivity index (χ2n) is 6.14. The lowest BCUT2D eigenvalue weighted by Crippen LogP contribution is -2.35. The Hall–Kier alpha value is -2.04. The van der Waals surface area contributed by atoms with Gasteiger partial charge in [-0.1, -0.05) is 18.6 Å². The zero-order valence-corrected chi connectivity index (χ0v) is 12.5. The van der Waals surface area contributed by atoms with Crippen molar-refractivity contribution in [3.8, 4) is 0 Å². The van der Waals surface area contributed by atoms with Crippen molar-refractivity contribution in [3.63, 3.8) is 0 Å². The normalized spacial score (nSPS) is 15.1. The van der Waals surface area contributed by atoms with Gasteiger partial charge in [-0.25, -0.2) is 4.79 Å². The fourth-order valence-corrected chi connectivity index (χ4v) is 2.20. The van der Waals surface area contributed by atoms with Gasteiger partial charge in [0.05, 0.1) is 5.41 Å². The van der Waals surface area contributed by atoms with Crippen molar-refractivity contribution in [3.05, 3.63) is 29.8 Å². The van der Waals surface area contributed by atoms with Crippen LogP contribution in [0, 0.1) is 5.92 Å². The molecule has 114 valence electrons. The van der Waals surface area contributed by atoms with Crippen LogP contribution < -0.4 is 10.6 Å². The smallest absolute Gasteiger partial charge is 0.319 e. The van der Waals surface area contributed by atoms with Crippen LogP contribution in [0.25, 0.3) is 0 Å². The molecule has 0 bridgehead atoms. The quantitative estimate of drug-likeness (QED) is 0.780. The SMILES string of the molecule is CC(C)(C(=O)O)c1ccc(NC(=O)NCC2CCC2)cc1. The van der Waals surface area contributed by atoms with E-state index in [0.29, 0.717) is 17.2 Å². The molecule has 1 aromatic carbocycles. The molecule has 5 nitrogen and oxygen atoms in total. The summed E-state index contributed by atoms with van der Waals surface area (Å²) in [5.74, 6) is -0.254. The number of carboxylic acid groups (broad SMARTS) is 1. The molecule has 1 aromatic rings. The van der Waals surface area contributed by atoms with E-state index >= 15 is 0 Å². The molecule has 2 rings (SSSR count). The molecule has 1 aliphatic rings. The van der Waals surface area contributed by atoms with Gasteiger partial charge in [0.25, 0.3) is 0 Å². The third kappa shape index (κ3) is 3.74. The monoisotopic (exact) mass is 290 g/mol. The molecule has 0 saturated heterocycles. The molecule has 0 radical (unpaired) electrons. The average Bonchev–Trinajstić information content (AvgIpc) is 2.37. The lowest BCUT2D eigenvalue weighted by Gasteiger charge is -2.25. The highest BCUT2D eigenvalue weighted by Gasteiger charge is 2.29. The van der Waals surface area contributed by atoms with E-state index in [1.54, 1.807) is 38.1 Å². The third-order valence-electron chi connectivity index (χ3n) is 4.18. The molecule has 1 aliphatic carbocycles. The molecule has 5 heteroatoms. The van der Waals surface area contributed by atoms with Gasteiger partial charge >= 0.3 is 12.0 Å². The fraction of sp³-hybridized carbons (Fsp3) is 0.500. The zero-order chi connectivity index (χ0) is 15.5. The minimum Gasteiger partial charge on any atom is -0.481 e. The molecule has 0 aromatic heterocycles. The van der Waals surface area contributed by atoms with E-state index in [9.17, 15) is 14.7 Å². The maximum Gasteiger partial charge on any atom is 0.319 e. The largest absolute Gasteiger partial charge is 0.481 e. The van der Waals surface area contributed by atoms with Crippen molar-refractivity contribution in [1.29, 1.82) is 0 Å². The molecule has 1 saturated carbocycles. The summed E-state index contributed by atoms with van der Waals surface area (Å²) in [5.41, 5.74) is 0.423. The van der Waals surface area contributed by atoms with Crippen LogP contribution in [0.5, 0.6) is 0 Å². The minimum absolute atomic E-state index is 0.216. The Labute approximate surface area is 124 Å². The number of carbonyl (C=O) groups is 2. The van der Waals surface area contributed by atoms with Gasteiger partial charge in [0, 0.05) is 12.2 Å². The highest BCUT2D eigenvalue weighted by molar-refractivity contribution is 5.89. The molecule has 1 fully saturated rings.